The van der Waals surface area contributed by atoms with Gasteiger partial charge in [0.25, 0.3) is 0 Å². The number of halogens is 6. The van der Waals surface area contributed by atoms with Gasteiger partial charge in [-0.15, -0.1) is 0 Å². The molecular formula is C12H16BrF5. The van der Waals surface area contributed by atoms with E-state index in [0.717, 1.165) is 0 Å². The Morgan fingerprint density at radius 1 is 0.667 bits per heavy atom. The topological polar surface area (TPSA) is 0 Å². The largest absolute Gasteiger partial charge is 0.247 e. The molecule has 0 aromatic heterocycles. The van der Waals surface area contributed by atoms with E-state index >= 15 is 0 Å². The fraction of sp³-hybridized carbons (Fsp3) is 1.00. The Hall–Kier alpha value is 0.130. The van der Waals surface area contributed by atoms with Crippen LogP contribution in [0.2, 0.25) is 0 Å². The van der Waals surface area contributed by atoms with E-state index in [1.807, 2.05) is 0 Å². The van der Waals surface area contributed by atoms with Gasteiger partial charge in [0.05, 0.1) is 0 Å². The summed E-state index contributed by atoms with van der Waals surface area (Å²) in [5.74, 6) is -1.74. The Morgan fingerprint density at radius 2 is 1.11 bits per heavy atom. The second kappa shape index (κ2) is 5.63. The van der Waals surface area contributed by atoms with E-state index in [9.17, 15) is 22.0 Å². The standard InChI is InChI=1S/C12H16BrF5/c13-6-3-7(14)11(8(15)4-6)5-1-9(16)12(18)10(17)2-5/h5-12H,1-4H2. The van der Waals surface area contributed by atoms with Crippen molar-refractivity contribution in [2.24, 2.45) is 11.8 Å². The zero-order valence-electron chi connectivity index (χ0n) is 9.72. The van der Waals surface area contributed by atoms with Crippen LogP contribution in [0.25, 0.3) is 0 Å². The second-order valence-corrected chi connectivity index (χ2v) is 6.68. The number of alkyl halides is 6. The average Bonchev–Trinajstić information content (AvgIpc) is 2.24. The zero-order chi connectivity index (χ0) is 13.4. The monoisotopic (exact) mass is 334 g/mol. The number of hydrogen-bond donors (Lipinski definition) is 0. The van der Waals surface area contributed by atoms with Crippen molar-refractivity contribution in [3.8, 4) is 0 Å². The lowest BCUT2D eigenvalue weighted by Crippen LogP contribution is -2.46. The zero-order valence-corrected chi connectivity index (χ0v) is 11.3. The minimum absolute atomic E-state index is 0.147. The first-order valence-corrected chi connectivity index (χ1v) is 7.16. The molecule has 0 radical (unpaired) electrons. The van der Waals surface area contributed by atoms with Crippen LogP contribution in [0.1, 0.15) is 25.7 Å². The Morgan fingerprint density at radius 3 is 1.56 bits per heavy atom. The smallest absolute Gasteiger partial charge is 0.162 e. The highest BCUT2D eigenvalue weighted by Gasteiger charge is 2.48. The van der Waals surface area contributed by atoms with Crippen LogP contribution >= 0.6 is 15.9 Å². The summed E-state index contributed by atoms with van der Waals surface area (Å²) in [6.07, 6.45) is -9.13. The van der Waals surface area contributed by atoms with Crippen LogP contribution in [-0.4, -0.2) is 35.7 Å². The summed E-state index contributed by atoms with van der Waals surface area (Å²) in [5.41, 5.74) is 0. The molecule has 0 aromatic carbocycles. The van der Waals surface area contributed by atoms with E-state index in [1.165, 1.54) is 0 Å². The van der Waals surface area contributed by atoms with Gasteiger partial charge in [0, 0.05) is 10.7 Å². The molecule has 2 fully saturated rings. The van der Waals surface area contributed by atoms with Gasteiger partial charge in [-0.2, -0.15) is 0 Å². The Kier molecular flexibility index (Phi) is 4.55. The lowest BCUT2D eigenvalue weighted by atomic mass is 9.70. The summed E-state index contributed by atoms with van der Waals surface area (Å²) in [6, 6.07) is 0. The predicted octanol–water partition coefficient (Wildman–Crippen LogP) is 4.26. The van der Waals surface area contributed by atoms with Crippen LogP contribution in [-0.2, 0) is 0 Å². The highest BCUT2D eigenvalue weighted by molar-refractivity contribution is 9.09. The summed E-state index contributed by atoms with van der Waals surface area (Å²) in [7, 11) is 0. The van der Waals surface area contributed by atoms with Gasteiger partial charge in [-0.05, 0) is 31.6 Å². The van der Waals surface area contributed by atoms with Crippen molar-refractivity contribution in [3.63, 3.8) is 0 Å². The molecule has 0 bridgehead atoms. The molecule has 4 atom stereocenters. The third kappa shape index (κ3) is 2.83. The van der Waals surface area contributed by atoms with Gasteiger partial charge in [-0.25, -0.2) is 22.0 Å². The number of rotatable bonds is 1. The van der Waals surface area contributed by atoms with E-state index < -0.39 is 42.7 Å². The van der Waals surface area contributed by atoms with Gasteiger partial charge in [-0.3, -0.25) is 0 Å². The summed E-state index contributed by atoms with van der Waals surface area (Å²) in [5, 5.41) is 0. The normalized spacial score (nSPS) is 54.3. The third-order valence-electron chi connectivity index (χ3n) is 4.09. The first-order valence-electron chi connectivity index (χ1n) is 6.24. The van der Waals surface area contributed by atoms with Crippen molar-refractivity contribution in [2.75, 3.05) is 0 Å². The molecule has 2 rings (SSSR count). The quantitative estimate of drug-likeness (QED) is 0.496. The molecule has 0 aromatic rings. The molecule has 0 aliphatic heterocycles. The molecule has 2 aliphatic carbocycles. The van der Waals surface area contributed by atoms with E-state index in [1.54, 1.807) is 0 Å². The molecular weight excluding hydrogens is 319 g/mol. The van der Waals surface area contributed by atoms with Crippen LogP contribution < -0.4 is 0 Å². The second-order valence-electron chi connectivity index (χ2n) is 5.39. The van der Waals surface area contributed by atoms with Crippen molar-refractivity contribution in [3.05, 3.63) is 0 Å². The Labute approximate surface area is 111 Å². The molecule has 0 spiro atoms. The van der Waals surface area contributed by atoms with Gasteiger partial charge in [0.15, 0.2) is 6.17 Å². The lowest BCUT2D eigenvalue weighted by molar-refractivity contribution is -0.0398. The average molecular weight is 335 g/mol. The van der Waals surface area contributed by atoms with Crippen LogP contribution in [0, 0.1) is 11.8 Å². The minimum atomic E-state index is -2.15. The van der Waals surface area contributed by atoms with E-state index in [0.29, 0.717) is 0 Å². The van der Waals surface area contributed by atoms with E-state index in [-0.39, 0.29) is 30.5 Å². The highest BCUT2D eigenvalue weighted by Crippen LogP contribution is 2.44. The molecule has 0 amide bonds. The van der Waals surface area contributed by atoms with Crippen LogP contribution in [0.4, 0.5) is 22.0 Å². The Bertz CT molecular complexity index is 266. The van der Waals surface area contributed by atoms with Crippen molar-refractivity contribution in [1.29, 1.82) is 0 Å². The SMILES string of the molecule is FC1CC(C2C(F)CC(Br)CC2F)CC(F)C1F. The molecule has 0 saturated heterocycles. The molecule has 4 unspecified atom stereocenters. The van der Waals surface area contributed by atoms with Gasteiger partial charge in [-0.1, -0.05) is 15.9 Å². The summed E-state index contributed by atoms with van der Waals surface area (Å²) < 4.78 is 67.4. The maximum Gasteiger partial charge on any atom is 0.162 e. The molecule has 18 heavy (non-hydrogen) atoms. The first kappa shape index (κ1) is 14.5. The van der Waals surface area contributed by atoms with E-state index in [2.05, 4.69) is 15.9 Å². The van der Waals surface area contributed by atoms with Gasteiger partial charge in [0.1, 0.15) is 24.7 Å². The summed E-state index contributed by atoms with van der Waals surface area (Å²) >= 11 is 3.17. The molecule has 0 heterocycles. The predicted molar refractivity (Wildman–Crippen MR) is 62.6 cm³/mol. The van der Waals surface area contributed by atoms with Crippen molar-refractivity contribution in [2.45, 2.75) is 61.4 Å². The fourth-order valence-corrected chi connectivity index (χ4v) is 3.91. The van der Waals surface area contributed by atoms with Gasteiger partial charge < -0.3 is 0 Å². The van der Waals surface area contributed by atoms with Crippen LogP contribution in [0.3, 0.4) is 0 Å². The summed E-state index contributed by atoms with van der Waals surface area (Å²) in [6.45, 7) is 0. The lowest BCUT2D eigenvalue weighted by Gasteiger charge is -2.41. The van der Waals surface area contributed by atoms with Crippen LogP contribution in [0.5, 0.6) is 0 Å². The maximum atomic E-state index is 13.9. The fourth-order valence-electron chi connectivity index (χ4n) is 3.19. The summed E-state index contributed by atoms with van der Waals surface area (Å²) in [4.78, 5) is -0.237. The maximum absolute atomic E-state index is 13.9. The van der Waals surface area contributed by atoms with E-state index in [4.69, 9.17) is 0 Å². The van der Waals surface area contributed by atoms with Gasteiger partial charge in [0.2, 0.25) is 0 Å². The van der Waals surface area contributed by atoms with Gasteiger partial charge >= 0.3 is 0 Å². The Balaban J connectivity index is 2.06. The number of hydrogen-bond acceptors (Lipinski definition) is 0. The molecule has 106 valence electrons. The molecule has 2 saturated carbocycles. The molecule has 0 nitrogen and oxygen atoms in total. The molecule has 6 heteroatoms. The first-order chi connectivity index (χ1) is 8.40. The third-order valence-corrected chi connectivity index (χ3v) is 4.84. The molecule has 2 aliphatic rings. The highest BCUT2D eigenvalue weighted by atomic mass is 79.9. The van der Waals surface area contributed by atoms with Crippen molar-refractivity contribution >= 4 is 15.9 Å². The van der Waals surface area contributed by atoms with Crippen molar-refractivity contribution in [1.82, 2.24) is 0 Å². The molecule has 0 N–H and O–H groups in total. The van der Waals surface area contributed by atoms with Crippen LogP contribution in [0.15, 0.2) is 0 Å². The minimum Gasteiger partial charge on any atom is -0.247 e. The van der Waals surface area contributed by atoms with Crippen molar-refractivity contribution < 1.29 is 22.0 Å².